The van der Waals surface area contributed by atoms with Crippen molar-refractivity contribution in [3.63, 3.8) is 0 Å². The SMILES string of the molecule is CCCC(Nc1ccc(OC)cc1)P(=O)(OCC)OCC. The predicted molar refractivity (Wildman–Crippen MR) is 86.2 cm³/mol. The molecule has 0 aromatic heterocycles. The van der Waals surface area contributed by atoms with Crippen molar-refractivity contribution in [2.75, 3.05) is 25.6 Å². The lowest BCUT2D eigenvalue weighted by atomic mass is 10.3. The molecule has 0 saturated carbocycles. The van der Waals surface area contributed by atoms with Crippen LogP contribution in [0.3, 0.4) is 0 Å². The summed E-state index contributed by atoms with van der Waals surface area (Å²) in [5.74, 6) is 0.432. The van der Waals surface area contributed by atoms with Crippen LogP contribution in [0.25, 0.3) is 0 Å². The highest BCUT2D eigenvalue weighted by Crippen LogP contribution is 2.54. The van der Waals surface area contributed by atoms with Gasteiger partial charge in [-0.3, -0.25) is 4.57 Å². The molecule has 1 N–H and O–H groups in total. The van der Waals surface area contributed by atoms with Gasteiger partial charge in [0.15, 0.2) is 0 Å². The van der Waals surface area contributed by atoms with Gasteiger partial charge in [0.2, 0.25) is 0 Å². The lowest BCUT2D eigenvalue weighted by Crippen LogP contribution is -2.22. The fourth-order valence-electron chi connectivity index (χ4n) is 2.04. The van der Waals surface area contributed by atoms with E-state index < -0.39 is 7.60 Å². The van der Waals surface area contributed by atoms with E-state index >= 15 is 0 Å². The molecule has 5 nitrogen and oxygen atoms in total. The van der Waals surface area contributed by atoms with Crippen LogP contribution >= 0.6 is 7.60 Å². The van der Waals surface area contributed by atoms with Crippen molar-refractivity contribution in [3.05, 3.63) is 24.3 Å². The number of nitrogens with one attached hydrogen (secondary N) is 1. The lowest BCUT2D eigenvalue weighted by molar-refractivity contribution is 0.212. The Morgan fingerprint density at radius 1 is 1.10 bits per heavy atom. The molecular weight excluding hydrogens is 289 g/mol. The Morgan fingerprint density at radius 3 is 2.10 bits per heavy atom. The maximum atomic E-state index is 12.9. The zero-order chi connectivity index (χ0) is 15.7. The van der Waals surface area contributed by atoms with Crippen LogP contribution < -0.4 is 10.1 Å². The fourth-order valence-corrected chi connectivity index (χ4v) is 4.08. The summed E-state index contributed by atoms with van der Waals surface area (Å²) in [5, 5.41) is 3.27. The molecule has 0 fully saturated rings. The summed E-state index contributed by atoms with van der Waals surface area (Å²) in [4.78, 5) is 0. The molecule has 0 heterocycles. The highest BCUT2D eigenvalue weighted by molar-refractivity contribution is 7.54. The summed E-state index contributed by atoms with van der Waals surface area (Å²) in [6.07, 6.45) is 1.60. The van der Waals surface area contributed by atoms with Gasteiger partial charge in [-0.25, -0.2) is 0 Å². The summed E-state index contributed by atoms with van der Waals surface area (Å²) in [5.41, 5.74) is 0.869. The van der Waals surface area contributed by atoms with Crippen LogP contribution in [0.2, 0.25) is 0 Å². The molecule has 0 amide bonds. The summed E-state index contributed by atoms with van der Waals surface area (Å²) >= 11 is 0. The van der Waals surface area contributed by atoms with Gasteiger partial charge < -0.3 is 19.1 Å². The molecule has 1 aromatic carbocycles. The fraction of sp³-hybridized carbons (Fsp3) is 0.600. The van der Waals surface area contributed by atoms with E-state index in [2.05, 4.69) is 5.32 Å². The summed E-state index contributed by atoms with van der Waals surface area (Å²) in [6, 6.07) is 7.50. The van der Waals surface area contributed by atoms with Crippen LogP contribution in [0.15, 0.2) is 24.3 Å². The van der Waals surface area contributed by atoms with Gasteiger partial charge in [0.25, 0.3) is 0 Å². The van der Waals surface area contributed by atoms with Gasteiger partial charge in [-0.15, -0.1) is 0 Å². The van der Waals surface area contributed by atoms with Gasteiger partial charge in [-0.05, 0) is 44.5 Å². The van der Waals surface area contributed by atoms with E-state index in [0.29, 0.717) is 19.6 Å². The number of methoxy groups -OCH3 is 1. The zero-order valence-corrected chi connectivity index (χ0v) is 14.2. The van der Waals surface area contributed by atoms with Gasteiger partial charge in [0.1, 0.15) is 11.5 Å². The van der Waals surface area contributed by atoms with Gasteiger partial charge in [0.05, 0.1) is 20.3 Å². The predicted octanol–water partition coefficient (Wildman–Crippen LogP) is 4.50. The van der Waals surface area contributed by atoms with E-state index in [0.717, 1.165) is 17.9 Å². The van der Waals surface area contributed by atoms with E-state index in [1.807, 2.05) is 45.0 Å². The van der Waals surface area contributed by atoms with E-state index in [4.69, 9.17) is 13.8 Å². The van der Waals surface area contributed by atoms with Crippen molar-refractivity contribution >= 4 is 13.3 Å². The monoisotopic (exact) mass is 315 g/mol. The molecule has 0 saturated heterocycles. The maximum Gasteiger partial charge on any atom is 0.352 e. The Hall–Kier alpha value is -1.03. The Kier molecular flexibility index (Phi) is 7.79. The smallest absolute Gasteiger partial charge is 0.352 e. The third kappa shape index (κ3) is 5.34. The molecule has 6 heteroatoms. The normalized spacial score (nSPS) is 13.0. The van der Waals surface area contributed by atoms with Gasteiger partial charge >= 0.3 is 7.60 Å². The first-order valence-electron chi connectivity index (χ1n) is 7.39. The number of hydrogen-bond donors (Lipinski definition) is 1. The number of ether oxygens (including phenoxy) is 1. The minimum Gasteiger partial charge on any atom is -0.497 e. The average Bonchev–Trinajstić information content (AvgIpc) is 2.48. The van der Waals surface area contributed by atoms with Crippen LogP contribution in [0.1, 0.15) is 33.6 Å². The van der Waals surface area contributed by atoms with E-state index in [1.165, 1.54) is 0 Å². The largest absolute Gasteiger partial charge is 0.497 e. The van der Waals surface area contributed by atoms with Gasteiger partial charge in [0, 0.05) is 5.69 Å². The van der Waals surface area contributed by atoms with Crippen LogP contribution in [0.4, 0.5) is 5.69 Å². The molecule has 0 bridgehead atoms. The molecule has 1 rings (SSSR count). The molecule has 120 valence electrons. The second-order valence-corrected chi connectivity index (χ2v) is 6.77. The third-order valence-corrected chi connectivity index (χ3v) is 5.37. The van der Waals surface area contributed by atoms with Crippen molar-refractivity contribution in [1.82, 2.24) is 0 Å². The molecule has 0 aliphatic heterocycles. The third-order valence-electron chi connectivity index (χ3n) is 2.99. The topological polar surface area (TPSA) is 56.8 Å². The summed E-state index contributed by atoms with van der Waals surface area (Å²) in [7, 11) is -1.55. The van der Waals surface area contributed by atoms with Crippen LogP contribution in [-0.4, -0.2) is 26.1 Å². The average molecular weight is 315 g/mol. The Balaban J connectivity index is 2.90. The van der Waals surface area contributed by atoms with E-state index in [9.17, 15) is 4.57 Å². The lowest BCUT2D eigenvalue weighted by Gasteiger charge is -2.27. The van der Waals surface area contributed by atoms with E-state index in [-0.39, 0.29) is 5.78 Å². The number of anilines is 1. The van der Waals surface area contributed by atoms with Crippen LogP contribution in [0, 0.1) is 0 Å². The highest BCUT2D eigenvalue weighted by Gasteiger charge is 2.34. The minimum absolute atomic E-state index is 0.351. The van der Waals surface area contributed by atoms with Crippen molar-refractivity contribution in [1.29, 1.82) is 0 Å². The number of rotatable bonds is 10. The van der Waals surface area contributed by atoms with Crippen molar-refractivity contribution in [2.45, 2.75) is 39.4 Å². The first-order chi connectivity index (χ1) is 10.1. The van der Waals surface area contributed by atoms with Crippen LogP contribution in [-0.2, 0) is 13.6 Å². The number of benzene rings is 1. The van der Waals surface area contributed by atoms with E-state index in [1.54, 1.807) is 7.11 Å². The molecule has 21 heavy (non-hydrogen) atoms. The maximum absolute atomic E-state index is 12.9. The van der Waals surface area contributed by atoms with Crippen molar-refractivity contribution in [2.24, 2.45) is 0 Å². The number of hydrogen-bond acceptors (Lipinski definition) is 5. The minimum atomic E-state index is -3.17. The highest BCUT2D eigenvalue weighted by atomic mass is 31.2. The summed E-state index contributed by atoms with van der Waals surface area (Å²) in [6.45, 7) is 6.42. The first kappa shape index (κ1) is 18.0. The molecular formula is C15H26NO4P. The summed E-state index contributed by atoms with van der Waals surface area (Å²) < 4.78 is 28.9. The molecule has 0 aliphatic carbocycles. The van der Waals surface area contributed by atoms with Crippen molar-refractivity contribution < 1.29 is 18.3 Å². The Labute approximate surface area is 127 Å². The van der Waals surface area contributed by atoms with Gasteiger partial charge in [-0.2, -0.15) is 0 Å². The molecule has 1 aromatic rings. The van der Waals surface area contributed by atoms with Crippen LogP contribution in [0.5, 0.6) is 5.75 Å². The zero-order valence-electron chi connectivity index (χ0n) is 13.3. The van der Waals surface area contributed by atoms with Crippen molar-refractivity contribution in [3.8, 4) is 5.75 Å². The first-order valence-corrected chi connectivity index (χ1v) is 9.00. The molecule has 0 radical (unpaired) electrons. The Bertz CT molecular complexity index is 439. The van der Waals surface area contributed by atoms with Gasteiger partial charge in [-0.1, -0.05) is 13.3 Å². The second-order valence-electron chi connectivity index (χ2n) is 4.55. The molecule has 1 atom stereocenters. The molecule has 0 spiro atoms. The quantitative estimate of drug-likeness (QED) is 0.644. The Morgan fingerprint density at radius 2 is 1.67 bits per heavy atom. The molecule has 0 aliphatic rings. The second kappa shape index (κ2) is 9.08. The molecule has 1 unspecified atom stereocenters. The standard InChI is InChI=1S/C15H26NO4P/c1-5-8-15(21(17,19-6-2)20-7-3)16-13-9-11-14(18-4)12-10-13/h9-12,15-16H,5-8H2,1-4H3.